The summed E-state index contributed by atoms with van der Waals surface area (Å²) in [5.74, 6) is 0. The highest BCUT2D eigenvalue weighted by atomic mass is 79.9. The monoisotopic (exact) mass is 333 g/mol. The van der Waals surface area contributed by atoms with Crippen molar-refractivity contribution in [2.45, 2.75) is 31.3 Å². The standard InChI is InChI=1S/C12H16BrNO3S/c1-9-6-10(8-15)7-11(12(9)13)18(16,17)14-4-2-3-5-14/h6-7,15H,2-5,8H2,1H3. The van der Waals surface area contributed by atoms with E-state index in [1.165, 1.54) is 4.31 Å². The van der Waals surface area contributed by atoms with Gasteiger partial charge in [-0.25, -0.2) is 8.42 Å². The number of hydrogen-bond donors (Lipinski definition) is 1. The molecule has 1 saturated heterocycles. The second kappa shape index (κ2) is 5.28. The number of aliphatic hydroxyl groups excluding tert-OH is 1. The molecule has 1 aromatic rings. The van der Waals surface area contributed by atoms with Crippen LogP contribution in [-0.4, -0.2) is 30.9 Å². The van der Waals surface area contributed by atoms with Crippen molar-refractivity contribution < 1.29 is 13.5 Å². The van der Waals surface area contributed by atoms with Crippen molar-refractivity contribution in [2.24, 2.45) is 0 Å². The zero-order valence-corrected chi connectivity index (χ0v) is 12.6. The summed E-state index contributed by atoms with van der Waals surface area (Å²) in [5.41, 5.74) is 1.44. The average Bonchev–Trinajstić information content (AvgIpc) is 2.86. The van der Waals surface area contributed by atoms with Crippen LogP contribution in [-0.2, 0) is 16.6 Å². The first-order chi connectivity index (χ1) is 8.46. The third kappa shape index (κ3) is 2.47. The van der Waals surface area contributed by atoms with Crippen LogP contribution >= 0.6 is 15.9 Å². The van der Waals surface area contributed by atoms with Crippen LogP contribution in [0.3, 0.4) is 0 Å². The minimum atomic E-state index is -3.45. The summed E-state index contributed by atoms with van der Waals surface area (Å²) in [4.78, 5) is 0.258. The fourth-order valence-corrected chi connectivity index (χ4v) is 4.70. The molecule has 4 nitrogen and oxygen atoms in total. The van der Waals surface area contributed by atoms with Crippen LogP contribution in [0, 0.1) is 6.92 Å². The van der Waals surface area contributed by atoms with Crippen LogP contribution < -0.4 is 0 Å². The highest BCUT2D eigenvalue weighted by molar-refractivity contribution is 9.10. The molecule has 0 saturated carbocycles. The van der Waals surface area contributed by atoms with E-state index in [4.69, 9.17) is 0 Å². The maximum absolute atomic E-state index is 12.5. The summed E-state index contributed by atoms with van der Waals surface area (Å²) in [6.07, 6.45) is 1.82. The van der Waals surface area contributed by atoms with Gasteiger partial charge in [-0.3, -0.25) is 0 Å². The van der Waals surface area contributed by atoms with Crippen LogP contribution in [0.4, 0.5) is 0 Å². The molecule has 0 spiro atoms. The van der Waals surface area contributed by atoms with E-state index in [0.717, 1.165) is 18.4 Å². The first-order valence-electron chi connectivity index (χ1n) is 5.87. The van der Waals surface area contributed by atoms with E-state index in [0.29, 0.717) is 23.1 Å². The Hall–Kier alpha value is -0.430. The molecule has 0 radical (unpaired) electrons. The molecule has 18 heavy (non-hydrogen) atoms. The van der Waals surface area contributed by atoms with Crippen molar-refractivity contribution in [3.05, 3.63) is 27.7 Å². The van der Waals surface area contributed by atoms with Crippen molar-refractivity contribution in [1.82, 2.24) is 4.31 Å². The second-order valence-corrected chi connectivity index (χ2v) is 7.19. The van der Waals surface area contributed by atoms with Gasteiger partial charge in [-0.15, -0.1) is 0 Å². The zero-order chi connectivity index (χ0) is 13.3. The Balaban J connectivity index is 2.52. The number of sulfonamides is 1. The molecule has 1 heterocycles. The lowest BCUT2D eigenvalue weighted by molar-refractivity contribution is 0.281. The lowest BCUT2D eigenvalue weighted by Gasteiger charge is -2.18. The van der Waals surface area contributed by atoms with Gasteiger partial charge < -0.3 is 5.11 Å². The van der Waals surface area contributed by atoms with Crippen LogP contribution in [0.15, 0.2) is 21.5 Å². The molecular weight excluding hydrogens is 318 g/mol. The van der Waals surface area contributed by atoms with E-state index in [2.05, 4.69) is 15.9 Å². The zero-order valence-electron chi connectivity index (χ0n) is 10.2. The molecule has 0 unspecified atom stereocenters. The number of rotatable bonds is 3. The van der Waals surface area contributed by atoms with E-state index in [1.54, 1.807) is 12.1 Å². The van der Waals surface area contributed by atoms with Crippen LogP contribution in [0.2, 0.25) is 0 Å². The summed E-state index contributed by atoms with van der Waals surface area (Å²) < 4.78 is 27.1. The molecular formula is C12H16BrNO3S. The quantitative estimate of drug-likeness (QED) is 0.920. The lowest BCUT2D eigenvalue weighted by Crippen LogP contribution is -2.28. The van der Waals surface area contributed by atoms with Gasteiger partial charge in [0.2, 0.25) is 10.0 Å². The number of aliphatic hydroxyl groups is 1. The summed E-state index contributed by atoms with van der Waals surface area (Å²) >= 11 is 3.34. The van der Waals surface area contributed by atoms with Gasteiger partial charge in [-0.1, -0.05) is 6.07 Å². The molecule has 0 atom stereocenters. The smallest absolute Gasteiger partial charge is 0.244 e. The van der Waals surface area contributed by atoms with E-state index in [9.17, 15) is 13.5 Å². The SMILES string of the molecule is Cc1cc(CO)cc(S(=O)(=O)N2CCCC2)c1Br. The number of benzene rings is 1. The van der Waals surface area contributed by atoms with Gasteiger partial charge in [0.05, 0.1) is 11.5 Å². The largest absolute Gasteiger partial charge is 0.392 e. The van der Waals surface area contributed by atoms with Gasteiger partial charge >= 0.3 is 0 Å². The minimum Gasteiger partial charge on any atom is -0.392 e. The van der Waals surface area contributed by atoms with E-state index in [-0.39, 0.29) is 11.5 Å². The second-order valence-electron chi connectivity index (χ2n) is 4.49. The maximum atomic E-state index is 12.5. The van der Waals surface area contributed by atoms with E-state index < -0.39 is 10.0 Å². The maximum Gasteiger partial charge on any atom is 0.244 e. The lowest BCUT2D eigenvalue weighted by atomic mass is 10.1. The molecule has 6 heteroatoms. The molecule has 0 bridgehead atoms. The predicted molar refractivity (Wildman–Crippen MR) is 72.8 cm³/mol. The van der Waals surface area contributed by atoms with Crippen molar-refractivity contribution in [1.29, 1.82) is 0 Å². The molecule has 100 valence electrons. The highest BCUT2D eigenvalue weighted by Gasteiger charge is 2.29. The summed E-state index contributed by atoms with van der Waals surface area (Å²) in [6.45, 7) is 2.83. The summed E-state index contributed by atoms with van der Waals surface area (Å²) in [7, 11) is -3.45. The minimum absolute atomic E-state index is 0.156. The first kappa shape index (κ1) is 14.0. The van der Waals surface area contributed by atoms with Gasteiger partial charge in [0.1, 0.15) is 0 Å². The Labute approximate surface area is 116 Å². The first-order valence-corrected chi connectivity index (χ1v) is 8.10. The molecule has 1 N–H and O–H groups in total. The van der Waals surface area contributed by atoms with E-state index >= 15 is 0 Å². The Morgan fingerprint density at radius 2 is 1.94 bits per heavy atom. The topological polar surface area (TPSA) is 57.6 Å². The van der Waals surface area contributed by atoms with Gasteiger partial charge in [0, 0.05) is 17.6 Å². The fraction of sp³-hybridized carbons (Fsp3) is 0.500. The molecule has 1 aliphatic rings. The molecule has 0 aliphatic carbocycles. The number of nitrogens with zero attached hydrogens (tertiary/aromatic N) is 1. The summed E-state index contributed by atoms with van der Waals surface area (Å²) in [5, 5.41) is 9.18. The number of halogens is 1. The molecule has 0 aromatic heterocycles. The predicted octanol–water partition coefficient (Wildman–Crippen LogP) is 2.03. The molecule has 1 aliphatic heterocycles. The Morgan fingerprint density at radius 1 is 1.33 bits per heavy atom. The van der Waals surface area contributed by atoms with Crippen molar-refractivity contribution >= 4 is 26.0 Å². The van der Waals surface area contributed by atoms with Crippen molar-refractivity contribution in [3.8, 4) is 0 Å². The van der Waals surface area contributed by atoms with Gasteiger partial charge in [0.25, 0.3) is 0 Å². The van der Waals surface area contributed by atoms with Crippen LogP contribution in [0.5, 0.6) is 0 Å². The average molecular weight is 334 g/mol. The third-order valence-corrected chi connectivity index (χ3v) is 6.38. The van der Waals surface area contributed by atoms with Crippen LogP contribution in [0.25, 0.3) is 0 Å². The normalized spacial score (nSPS) is 17.3. The highest BCUT2D eigenvalue weighted by Crippen LogP contribution is 2.31. The number of hydrogen-bond acceptors (Lipinski definition) is 3. The van der Waals surface area contributed by atoms with Gasteiger partial charge in [-0.2, -0.15) is 4.31 Å². The van der Waals surface area contributed by atoms with E-state index in [1.807, 2.05) is 6.92 Å². The van der Waals surface area contributed by atoms with Crippen molar-refractivity contribution in [2.75, 3.05) is 13.1 Å². The Morgan fingerprint density at radius 3 is 2.50 bits per heavy atom. The molecule has 1 aromatic carbocycles. The molecule has 1 fully saturated rings. The van der Waals surface area contributed by atoms with Crippen molar-refractivity contribution in [3.63, 3.8) is 0 Å². The Kier molecular flexibility index (Phi) is 4.11. The number of aryl methyl sites for hydroxylation is 1. The third-order valence-electron chi connectivity index (χ3n) is 3.15. The summed E-state index contributed by atoms with van der Waals surface area (Å²) in [6, 6.07) is 3.33. The fourth-order valence-electron chi connectivity index (χ4n) is 2.16. The van der Waals surface area contributed by atoms with Gasteiger partial charge in [-0.05, 0) is 52.9 Å². The van der Waals surface area contributed by atoms with Gasteiger partial charge in [0.15, 0.2) is 0 Å². The molecule has 0 amide bonds. The van der Waals surface area contributed by atoms with Crippen LogP contribution in [0.1, 0.15) is 24.0 Å². The Bertz CT molecular complexity index is 551. The molecule has 2 rings (SSSR count).